The SMILES string of the molecule is CCNCc1cc(I)ccc1Br. The second-order valence-corrected chi connectivity index (χ2v) is 4.62. The largest absolute Gasteiger partial charge is 0.313 e. The maximum absolute atomic E-state index is 3.52. The molecule has 0 aliphatic heterocycles. The Hall–Kier alpha value is 0.390. The lowest BCUT2D eigenvalue weighted by Crippen LogP contribution is -2.12. The quantitative estimate of drug-likeness (QED) is 0.834. The van der Waals surface area contributed by atoms with Crippen LogP contribution in [0.15, 0.2) is 22.7 Å². The summed E-state index contributed by atoms with van der Waals surface area (Å²) in [5.41, 5.74) is 1.32. The first-order valence-corrected chi connectivity index (χ1v) is 5.76. The van der Waals surface area contributed by atoms with E-state index in [-0.39, 0.29) is 0 Å². The molecule has 12 heavy (non-hydrogen) atoms. The second-order valence-electron chi connectivity index (χ2n) is 2.52. The average molecular weight is 340 g/mol. The van der Waals surface area contributed by atoms with Gasteiger partial charge in [0, 0.05) is 14.6 Å². The normalized spacial score (nSPS) is 10.2. The molecule has 66 valence electrons. The Balaban J connectivity index is 2.75. The number of hydrogen-bond acceptors (Lipinski definition) is 1. The van der Waals surface area contributed by atoms with Gasteiger partial charge in [-0.25, -0.2) is 0 Å². The monoisotopic (exact) mass is 339 g/mol. The highest BCUT2D eigenvalue weighted by molar-refractivity contribution is 14.1. The number of rotatable bonds is 3. The van der Waals surface area contributed by atoms with Gasteiger partial charge in [0.2, 0.25) is 0 Å². The van der Waals surface area contributed by atoms with Crippen LogP contribution in [0.4, 0.5) is 0 Å². The number of benzene rings is 1. The molecule has 0 saturated heterocycles. The number of hydrogen-bond donors (Lipinski definition) is 1. The highest BCUT2D eigenvalue weighted by Gasteiger charge is 1.98. The molecule has 3 heteroatoms. The van der Waals surface area contributed by atoms with Crippen LogP contribution in [0, 0.1) is 3.57 Å². The minimum absolute atomic E-state index is 0.938. The van der Waals surface area contributed by atoms with Crippen LogP contribution in [0.25, 0.3) is 0 Å². The summed E-state index contributed by atoms with van der Waals surface area (Å²) in [4.78, 5) is 0. The third-order valence-electron chi connectivity index (χ3n) is 1.57. The van der Waals surface area contributed by atoms with E-state index in [1.807, 2.05) is 0 Å². The van der Waals surface area contributed by atoms with Crippen LogP contribution in [0.1, 0.15) is 12.5 Å². The molecule has 0 bridgehead atoms. The average Bonchev–Trinajstić information content (AvgIpc) is 2.07. The van der Waals surface area contributed by atoms with Gasteiger partial charge in [-0.1, -0.05) is 22.9 Å². The Labute approximate surface area is 95.2 Å². The van der Waals surface area contributed by atoms with E-state index in [0.29, 0.717) is 0 Å². The van der Waals surface area contributed by atoms with Crippen LogP contribution in [-0.4, -0.2) is 6.54 Å². The second kappa shape index (κ2) is 5.19. The summed E-state index contributed by atoms with van der Waals surface area (Å²) in [6.45, 7) is 4.06. The standard InChI is InChI=1S/C9H11BrIN/c1-2-12-6-7-5-8(11)3-4-9(7)10/h3-5,12H,2,6H2,1H3. The number of nitrogens with one attached hydrogen (secondary N) is 1. The lowest BCUT2D eigenvalue weighted by atomic mass is 10.2. The lowest BCUT2D eigenvalue weighted by molar-refractivity contribution is 0.724. The molecule has 0 spiro atoms. The van der Waals surface area contributed by atoms with Crippen molar-refractivity contribution >= 4 is 38.5 Å². The summed E-state index contributed by atoms with van der Waals surface area (Å²) >= 11 is 5.84. The van der Waals surface area contributed by atoms with Crippen LogP contribution in [0.5, 0.6) is 0 Å². The van der Waals surface area contributed by atoms with E-state index in [0.717, 1.165) is 13.1 Å². The van der Waals surface area contributed by atoms with E-state index in [1.54, 1.807) is 0 Å². The molecule has 0 radical (unpaired) electrons. The minimum atomic E-state index is 0.938. The Morgan fingerprint density at radius 2 is 2.25 bits per heavy atom. The maximum Gasteiger partial charge on any atom is 0.0220 e. The summed E-state index contributed by atoms with van der Waals surface area (Å²) in [5, 5.41) is 3.30. The molecule has 0 fully saturated rings. The van der Waals surface area contributed by atoms with Gasteiger partial charge in [0.1, 0.15) is 0 Å². The van der Waals surface area contributed by atoms with Gasteiger partial charge in [-0.2, -0.15) is 0 Å². The molecule has 0 atom stereocenters. The van der Waals surface area contributed by atoms with Crippen LogP contribution >= 0.6 is 38.5 Å². The molecule has 0 unspecified atom stereocenters. The maximum atomic E-state index is 3.52. The Bertz CT molecular complexity index is 263. The molecule has 0 aliphatic rings. The minimum Gasteiger partial charge on any atom is -0.313 e. The fourth-order valence-electron chi connectivity index (χ4n) is 0.938. The third-order valence-corrected chi connectivity index (χ3v) is 3.02. The zero-order valence-corrected chi connectivity index (χ0v) is 10.6. The molecule has 1 rings (SSSR count). The molecule has 1 aromatic carbocycles. The summed E-state index contributed by atoms with van der Waals surface area (Å²) < 4.78 is 2.47. The Kier molecular flexibility index (Phi) is 4.53. The van der Waals surface area contributed by atoms with Crippen molar-refractivity contribution in [3.05, 3.63) is 31.8 Å². The summed E-state index contributed by atoms with van der Waals surface area (Å²) in [5.74, 6) is 0. The molecule has 1 N–H and O–H groups in total. The van der Waals surface area contributed by atoms with Gasteiger partial charge in [0.25, 0.3) is 0 Å². The smallest absolute Gasteiger partial charge is 0.0220 e. The summed E-state index contributed by atoms with van der Waals surface area (Å²) in [7, 11) is 0. The topological polar surface area (TPSA) is 12.0 Å². The van der Waals surface area contributed by atoms with E-state index in [4.69, 9.17) is 0 Å². The molecule has 0 amide bonds. The van der Waals surface area contributed by atoms with Crippen molar-refractivity contribution in [3.63, 3.8) is 0 Å². The predicted octanol–water partition coefficient (Wildman–Crippen LogP) is 3.16. The molecule has 0 saturated carbocycles. The van der Waals surface area contributed by atoms with Gasteiger partial charge in [0.15, 0.2) is 0 Å². The molecule has 0 aromatic heterocycles. The molecular formula is C9H11BrIN. The van der Waals surface area contributed by atoms with Crippen LogP contribution in [0.2, 0.25) is 0 Å². The van der Waals surface area contributed by atoms with Crippen LogP contribution in [0.3, 0.4) is 0 Å². The van der Waals surface area contributed by atoms with Gasteiger partial charge < -0.3 is 5.32 Å². The van der Waals surface area contributed by atoms with Crippen molar-refractivity contribution in [2.45, 2.75) is 13.5 Å². The first-order chi connectivity index (χ1) is 5.74. The van der Waals surface area contributed by atoms with E-state index < -0.39 is 0 Å². The van der Waals surface area contributed by atoms with Crippen molar-refractivity contribution in [1.29, 1.82) is 0 Å². The molecule has 0 heterocycles. The first-order valence-electron chi connectivity index (χ1n) is 3.88. The Morgan fingerprint density at radius 1 is 1.50 bits per heavy atom. The van der Waals surface area contributed by atoms with Gasteiger partial charge >= 0.3 is 0 Å². The zero-order valence-electron chi connectivity index (χ0n) is 6.90. The van der Waals surface area contributed by atoms with Crippen molar-refractivity contribution in [2.24, 2.45) is 0 Å². The highest BCUT2D eigenvalue weighted by Crippen LogP contribution is 2.19. The first kappa shape index (κ1) is 10.5. The van der Waals surface area contributed by atoms with Crippen LogP contribution < -0.4 is 5.32 Å². The molecular weight excluding hydrogens is 329 g/mol. The Morgan fingerprint density at radius 3 is 2.92 bits per heavy atom. The summed E-state index contributed by atoms with van der Waals surface area (Å²) in [6, 6.07) is 6.38. The van der Waals surface area contributed by atoms with Crippen LogP contribution in [-0.2, 0) is 6.54 Å². The summed E-state index contributed by atoms with van der Waals surface area (Å²) in [6.07, 6.45) is 0. The van der Waals surface area contributed by atoms with E-state index in [9.17, 15) is 0 Å². The number of halogens is 2. The highest BCUT2D eigenvalue weighted by atomic mass is 127. The van der Waals surface area contributed by atoms with Gasteiger partial charge in [-0.3, -0.25) is 0 Å². The fraction of sp³-hybridized carbons (Fsp3) is 0.333. The van der Waals surface area contributed by atoms with Gasteiger partial charge in [0.05, 0.1) is 0 Å². The van der Waals surface area contributed by atoms with Crippen molar-refractivity contribution in [1.82, 2.24) is 5.32 Å². The fourth-order valence-corrected chi connectivity index (χ4v) is 1.88. The third kappa shape index (κ3) is 3.03. The van der Waals surface area contributed by atoms with Crippen molar-refractivity contribution in [2.75, 3.05) is 6.54 Å². The van der Waals surface area contributed by atoms with Crippen molar-refractivity contribution in [3.8, 4) is 0 Å². The van der Waals surface area contributed by atoms with Gasteiger partial charge in [-0.05, 0) is 52.9 Å². The molecule has 1 aromatic rings. The lowest BCUT2D eigenvalue weighted by Gasteiger charge is -2.04. The van der Waals surface area contributed by atoms with Gasteiger partial charge in [-0.15, -0.1) is 0 Å². The van der Waals surface area contributed by atoms with Crippen molar-refractivity contribution < 1.29 is 0 Å². The van der Waals surface area contributed by atoms with E-state index >= 15 is 0 Å². The molecule has 0 aliphatic carbocycles. The zero-order chi connectivity index (χ0) is 8.97. The van der Waals surface area contributed by atoms with E-state index in [2.05, 4.69) is 69.0 Å². The van der Waals surface area contributed by atoms with E-state index in [1.165, 1.54) is 13.6 Å². The molecule has 1 nitrogen and oxygen atoms in total. The predicted molar refractivity (Wildman–Crippen MR) is 64.2 cm³/mol.